The van der Waals surface area contributed by atoms with Gasteiger partial charge in [0.25, 0.3) is 5.56 Å². The number of nitriles is 1. The summed E-state index contributed by atoms with van der Waals surface area (Å²) in [5.41, 5.74) is 2.52. The monoisotopic (exact) mass is 317 g/mol. The van der Waals surface area contributed by atoms with Crippen LogP contribution < -0.4 is 5.56 Å². The van der Waals surface area contributed by atoms with Crippen molar-refractivity contribution in [2.45, 2.75) is 20.4 Å². The van der Waals surface area contributed by atoms with Crippen LogP contribution in [0.3, 0.4) is 0 Å². The van der Waals surface area contributed by atoms with Crippen molar-refractivity contribution >= 4 is 15.9 Å². The van der Waals surface area contributed by atoms with E-state index in [1.807, 2.05) is 19.1 Å². The van der Waals surface area contributed by atoms with Crippen LogP contribution in [0.5, 0.6) is 0 Å². The smallest absolute Gasteiger partial charge is 0.268 e. The highest BCUT2D eigenvalue weighted by molar-refractivity contribution is 9.10. The summed E-state index contributed by atoms with van der Waals surface area (Å²) in [6.07, 6.45) is 1.51. The fourth-order valence-electron chi connectivity index (χ4n) is 1.85. The minimum absolute atomic E-state index is 0.101. The quantitative estimate of drug-likeness (QED) is 0.855. The van der Waals surface area contributed by atoms with Crippen LogP contribution in [-0.4, -0.2) is 9.55 Å². The third kappa shape index (κ3) is 2.74. The van der Waals surface area contributed by atoms with Gasteiger partial charge in [0.1, 0.15) is 10.3 Å². The van der Waals surface area contributed by atoms with Gasteiger partial charge >= 0.3 is 0 Å². The fourth-order valence-corrected chi connectivity index (χ4v) is 2.17. The van der Waals surface area contributed by atoms with Crippen LogP contribution in [0.4, 0.5) is 0 Å². The van der Waals surface area contributed by atoms with E-state index in [1.54, 1.807) is 17.6 Å². The van der Waals surface area contributed by atoms with Gasteiger partial charge < -0.3 is 0 Å². The summed E-state index contributed by atoms with van der Waals surface area (Å²) in [5, 5.41) is 8.85. The molecule has 0 spiro atoms. The van der Waals surface area contributed by atoms with E-state index in [2.05, 4.69) is 27.0 Å². The lowest BCUT2D eigenvalue weighted by Crippen LogP contribution is -2.24. The number of rotatable bonds is 2. The Morgan fingerprint density at radius 1 is 1.42 bits per heavy atom. The molecule has 1 aromatic carbocycles. The van der Waals surface area contributed by atoms with E-state index < -0.39 is 0 Å². The molecule has 1 aromatic heterocycles. The molecule has 0 bridgehead atoms. The zero-order valence-electron chi connectivity index (χ0n) is 10.6. The molecular weight excluding hydrogens is 306 g/mol. The Bertz CT molecular complexity index is 728. The molecule has 0 radical (unpaired) electrons. The molecule has 0 N–H and O–H groups in total. The molecule has 4 nitrogen and oxygen atoms in total. The summed E-state index contributed by atoms with van der Waals surface area (Å²) < 4.78 is 2.06. The summed E-state index contributed by atoms with van der Waals surface area (Å²) in [4.78, 5) is 16.2. The number of nitrogens with zero attached hydrogens (tertiary/aromatic N) is 3. The van der Waals surface area contributed by atoms with E-state index >= 15 is 0 Å². The molecule has 0 unspecified atom stereocenters. The second-order valence-electron chi connectivity index (χ2n) is 4.30. The molecule has 0 aliphatic heterocycles. The first-order valence-corrected chi connectivity index (χ1v) is 6.54. The van der Waals surface area contributed by atoms with Crippen molar-refractivity contribution in [2.75, 3.05) is 0 Å². The first-order chi connectivity index (χ1) is 9.02. The number of aryl methyl sites for hydroxylation is 2. The maximum absolute atomic E-state index is 12.1. The molecular formula is C14H12BrN3O. The van der Waals surface area contributed by atoms with E-state index in [-0.39, 0.29) is 5.56 Å². The highest BCUT2D eigenvalue weighted by Crippen LogP contribution is 2.12. The minimum atomic E-state index is -0.101. The number of hydrogen-bond acceptors (Lipinski definition) is 3. The van der Waals surface area contributed by atoms with Crippen LogP contribution in [0.15, 0.2) is 33.7 Å². The molecule has 0 atom stereocenters. The molecule has 0 fully saturated rings. The van der Waals surface area contributed by atoms with Crippen molar-refractivity contribution in [1.29, 1.82) is 5.26 Å². The highest BCUT2D eigenvalue weighted by atomic mass is 79.9. The van der Waals surface area contributed by atoms with Crippen LogP contribution >= 0.6 is 15.9 Å². The molecule has 0 aliphatic carbocycles. The first-order valence-electron chi connectivity index (χ1n) is 5.74. The topological polar surface area (TPSA) is 58.7 Å². The number of aromatic nitrogens is 2. The lowest BCUT2D eigenvalue weighted by Gasteiger charge is -2.11. The molecule has 2 aromatic rings. The Morgan fingerprint density at radius 3 is 2.79 bits per heavy atom. The number of hydrogen-bond donors (Lipinski definition) is 0. The van der Waals surface area contributed by atoms with Crippen molar-refractivity contribution in [2.24, 2.45) is 0 Å². The van der Waals surface area contributed by atoms with E-state index in [1.165, 1.54) is 6.20 Å². The van der Waals surface area contributed by atoms with Gasteiger partial charge in [-0.2, -0.15) is 5.26 Å². The molecule has 19 heavy (non-hydrogen) atoms. The van der Waals surface area contributed by atoms with E-state index in [0.29, 0.717) is 22.4 Å². The van der Waals surface area contributed by atoms with Gasteiger partial charge in [0.2, 0.25) is 0 Å². The third-order valence-electron chi connectivity index (χ3n) is 3.00. The Balaban J connectivity index is 2.46. The lowest BCUT2D eigenvalue weighted by molar-refractivity contribution is 0.692. The minimum Gasteiger partial charge on any atom is -0.291 e. The van der Waals surface area contributed by atoms with Crippen LogP contribution in [0.1, 0.15) is 22.5 Å². The highest BCUT2D eigenvalue weighted by Gasteiger charge is 2.08. The largest absolute Gasteiger partial charge is 0.291 e. The number of halogens is 1. The van der Waals surface area contributed by atoms with Gasteiger partial charge in [-0.05, 0) is 53.0 Å². The van der Waals surface area contributed by atoms with Gasteiger partial charge in [-0.25, -0.2) is 4.98 Å². The molecule has 0 aliphatic rings. The predicted molar refractivity (Wildman–Crippen MR) is 75.9 cm³/mol. The number of benzene rings is 1. The SMILES string of the molecule is Cc1cc(C#N)ccc1Cn1c(C)ncc(Br)c1=O. The summed E-state index contributed by atoms with van der Waals surface area (Å²) in [7, 11) is 0. The van der Waals surface area contributed by atoms with Crippen molar-refractivity contribution in [3.05, 3.63) is 61.7 Å². The zero-order valence-corrected chi connectivity index (χ0v) is 12.2. The molecule has 1 heterocycles. The molecule has 2 rings (SSSR count). The molecule has 96 valence electrons. The molecule has 0 saturated carbocycles. The van der Waals surface area contributed by atoms with Gasteiger partial charge in [-0.15, -0.1) is 0 Å². The summed E-state index contributed by atoms with van der Waals surface area (Å²) in [5.74, 6) is 0.664. The standard InChI is InChI=1S/C14H12BrN3O/c1-9-5-11(6-16)3-4-12(9)8-18-10(2)17-7-13(15)14(18)19/h3-5,7H,8H2,1-2H3. The Kier molecular flexibility index (Phi) is 3.82. The predicted octanol–water partition coefficient (Wildman–Crippen LogP) is 2.54. The summed E-state index contributed by atoms with van der Waals surface area (Å²) >= 11 is 3.20. The van der Waals surface area contributed by atoms with Gasteiger partial charge in [0, 0.05) is 6.20 Å². The van der Waals surface area contributed by atoms with Crippen molar-refractivity contribution < 1.29 is 0 Å². The van der Waals surface area contributed by atoms with Gasteiger partial charge in [0.05, 0.1) is 18.2 Å². The van der Waals surface area contributed by atoms with Crippen molar-refractivity contribution in [3.8, 4) is 6.07 Å². The van der Waals surface area contributed by atoms with Crippen LogP contribution in [0, 0.1) is 25.2 Å². The van der Waals surface area contributed by atoms with Crippen molar-refractivity contribution in [3.63, 3.8) is 0 Å². The second-order valence-corrected chi connectivity index (χ2v) is 5.15. The summed E-state index contributed by atoms with van der Waals surface area (Å²) in [6, 6.07) is 7.56. The average molecular weight is 318 g/mol. The van der Waals surface area contributed by atoms with E-state index in [0.717, 1.165) is 11.1 Å². The van der Waals surface area contributed by atoms with Gasteiger partial charge in [0.15, 0.2) is 0 Å². The third-order valence-corrected chi connectivity index (χ3v) is 3.55. The zero-order chi connectivity index (χ0) is 14.0. The average Bonchev–Trinajstić information content (AvgIpc) is 2.40. The Labute approximate surface area is 119 Å². The van der Waals surface area contributed by atoms with Crippen LogP contribution in [0.2, 0.25) is 0 Å². The van der Waals surface area contributed by atoms with E-state index in [9.17, 15) is 4.79 Å². The first kappa shape index (κ1) is 13.5. The van der Waals surface area contributed by atoms with Gasteiger partial charge in [-0.1, -0.05) is 6.07 Å². The van der Waals surface area contributed by atoms with Gasteiger partial charge in [-0.3, -0.25) is 9.36 Å². The molecule has 5 heteroatoms. The molecule has 0 amide bonds. The Morgan fingerprint density at radius 2 is 2.16 bits per heavy atom. The normalized spacial score (nSPS) is 10.2. The van der Waals surface area contributed by atoms with E-state index in [4.69, 9.17) is 5.26 Å². The van der Waals surface area contributed by atoms with Crippen LogP contribution in [-0.2, 0) is 6.54 Å². The summed E-state index contributed by atoms with van der Waals surface area (Å²) in [6.45, 7) is 4.18. The lowest BCUT2D eigenvalue weighted by atomic mass is 10.1. The fraction of sp³-hybridized carbons (Fsp3) is 0.214. The van der Waals surface area contributed by atoms with Crippen LogP contribution in [0.25, 0.3) is 0 Å². The maximum Gasteiger partial charge on any atom is 0.268 e. The second kappa shape index (κ2) is 5.37. The Hall–Kier alpha value is -1.93. The van der Waals surface area contributed by atoms with Crippen molar-refractivity contribution in [1.82, 2.24) is 9.55 Å². The molecule has 0 saturated heterocycles. The maximum atomic E-state index is 12.1.